The van der Waals surface area contributed by atoms with E-state index in [-0.39, 0.29) is 11.5 Å². The summed E-state index contributed by atoms with van der Waals surface area (Å²) in [6.45, 7) is 4.22. The number of phenols is 1. The summed E-state index contributed by atoms with van der Waals surface area (Å²) >= 11 is 1.40. The van der Waals surface area contributed by atoms with Gasteiger partial charge in [0.05, 0.1) is 19.1 Å². The Hall–Kier alpha value is -3.33. The van der Waals surface area contributed by atoms with Crippen LogP contribution in [0.3, 0.4) is 0 Å². The average molecular weight is 472 g/mol. The highest BCUT2D eigenvalue weighted by atomic mass is 32.1. The molecule has 3 aromatic rings. The van der Waals surface area contributed by atoms with Crippen LogP contribution in [0.25, 0.3) is 0 Å². The number of benzene rings is 2. The predicted molar refractivity (Wildman–Crippen MR) is 129 cm³/mol. The fourth-order valence-electron chi connectivity index (χ4n) is 4.04. The Morgan fingerprint density at radius 1 is 1.15 bits per heavy atom. The Morgan fingerprint density at radius 2 is 1.85 bits per heavy atom. The topological polar surface area (TPSA) is 122 Å². The van der Waals surface area contributed by atoms with Gasteiger partial charge in [0.2, 0.25) is 11.5 Å². The van der Waals surface area contributed by atoms with Crippen molar-refractivity contribution in [1.82, 2.24) is 4.98 Å². The highest BCUT2D eigenvalue weighted by Crippen LogP contribution is 2.52. The molecule has 1 aliphatic heterocycles. The molecule has 1 aliphatic rings. The smallest absolute Gasteiger partial charge is 0.207 e. The second-order valence-corrected chi connectivity index (χ2v) is 9.48. The maximum Gasteiger partial charge on any atom is 0.207 e. The van der Waals surface area contributed by atoms with Crippen molar-refractivity contribution in [3.05, 3.63) is 45.8 Å². The van der Waals surface area contributed by atoms with E-state index in [1.165, 1.54) is 25.6 Å². The van der Waals surface area contributed by atoms with Crippen LogP contribution in [-0.2, 0) is 12.8 Å². The molecule has 8 nitrogen and oxygen atoms in total. The quantitative estimate of drug-likeness (QED) is 0.471. The van der Waals surface area contributed by atoms with Crippen molar-refractivity contribution in [2.24, 2.45) is 0 Å². The summed E-state index contributed by atoms with van der Waals surface area (Å²) in [5.74, 6) is 2.58. The van der Waals surface area contributed by atoms with Crippen LogP contribution in [0.5, 0.6) is 28.7 Å². The maximum atomic E-state index is 10.5. The molecular formula is C24H29N3O5S. The van der Waals surface area contributed by atoms with Crippen LogP contribution in [0.4, 0.5) is 10.9 Å². The lowest BCUT2D eigenvalue weighted by atomic mass is 9.90. The van der Waals surface area contributed by atoms with Crippen molar-refractivity contribution >= 4 is 22.3 Å². The summed E-state index contributed by atoms with van der Waals surface area (Å²) < 4.78 is 23.4. The van der Waals surface area contributed by atoms with E-state index in [0.29, 0.717) is 35.5 Å². The highest BCUT2D eigenvalue weighted by Gasteiger charge is 2.37. The molecule has 1 atom stereocenters. The molecule has 0 fully saturated rings. The van der Waals surface area contributed by atoms with Gasteiger partial charge in [0.25, 0.3) is 0 Å². The van der Waals surface area contributed by atoms with E-state index in [0.717, 1.165) is 40.2 Å². The standard InChI is InChI=1S/C24H29N3O5S/c1-13-16-9-10-24(2,32-19(16)21(30-4)20(29-3)18(13)28)12-31-15-7-5-14(6-8-15)11-17-22(25)27-23(26)33-17/h5-8,28H,9-12,25H2,1-4H3,(H2,26,27). The Labute approximate surface area is 197 Å². The van der Waals surface area contributed by atoms with Gasteiger partial charge in [0, 0.05) is 17.5 Å². The molecule has 5 N–H and O–H groups in total. The molecule has 0 aliphatic carbocycles. The first-order valence-electron chi connectivity index (χ1n) is 10.6. The molecule has 9 heteroatoms. The maximum absolute atomic E-state index is 10.5. The summed E-state index contributed by atoms with van der Waals surface area (Å²) in [6, 6.07) is 7.87. The first kappa shape index (κ1) is 22.8. The molecule has 33 heavy (non-hydrogen) atoms. The molecule has 0 bridgehead atoms. The van der Waals surface area contributed by atoms with Gasteiger partial charge in [-0.3, -0.25) is 0 Å². The lowest BCUT2D eigenvalue weighted by Crippen LogP contribution is -2.42. The van der Waals surface area contributed by atoms with E-state index < -0.39 is 5.60 Å². The number of nitrogens with zero attached hydrogens (tertiary/aromatic N) is 1. The molecule has 0 radical (unpaired) electrons. The minimum Gasteiger partial charge on any atom is -0.504 e. The number of thiazole rings is 1. The number of phenolic OH excluding ortho intramolecular Hbond substituents is 1. The minimum absolute atomic E-state index is 0.0828. The molecule has 0 saturated carbocycles. The van der Waals surface area contributed by atoms with Crippen LogP contribution in [-0.4, -0.2) is 36.5 Å². The van der Waals surface area contributed by atoms with E-state index in [1.54, 1.807) is 0 Å². The van der Waals surface area contributed by atoms with E-state index in [1.807, 2.05) is 38.1 Å². The summed E-state index contributed by atoms with van der Waals surface area (Å²) in [7, 11) is 3.03. The number of methoxy groups -OCH3 is 2. The van der Waals surface area contributed by atoms with Crippen molar-refractivity contribution in [1.29, 1.82) is 0 Å². The zero-order chi connectivity index (χ0) is 23.8. The van der Waals surface area contributed by atoms with Gasteiger partial charge < -0.3 is 35.5 Å². The van der Waals surface area contributed by atoms with Gasteiger partial charge in [-0.25, -0.2) is 4.98 Å². The molecule has 2 heterocycles. The first-order chi connectivity index (χ1) is 15.7. The van der Waals surface area contributed by atoms with Crippen LogP contribution in [0.2, 0.25) is 0 Å². The lowest BCUT2D eigenvalue weighted by Gasteiger charge is -2.37. The highest BCUT2D eigenvalue weighted by molar-refractivity contribution is 7.15. The SMILES string of the molecule is COc1c(O)c(C)c2c(c1OC)OC(C)(COc1ccc(Cc3sc(N)nc3N)cc1)CC2. The Bertz CT molecular complexity index is 1160. The van der Waals surface area contributed by atoms with Crippen LogP contribution in [0.1, 0.15) is 34.9 Å². The van der Waals surface area contributed by atoms with Gasteiger partial charge in [-0.15, -0.1) is 0 Å². The van der Waals surface area contributed by atoms with E-state index in [2.05, 4.69) is 4.98 Å². The fourth-order valence-corrected chi connectivity index (χ4v) is 4.82. The number of anilines is 2. The monoisotopic (exact) mass is 471 g/mol. The van der Waals surface area contributed by atoms with Crippen LogP contribution in [0.15, 0.2) is 24.3 Å². The number of hydrogen-bond acceptors (Lipinski definition) is 9. The molecule has 176 valence electrons. The summed E-state index contributed by atoms with van der Waals surface area (Å²) in [6.07, 6.45) is 2.14. The van der Waals surface area contributed by atoms with Gasteiger partial charge in [0.15, 0.2) is 16.6 Å². The number of nitrogen functional groups attached to an aromatic ring is 2. The molecule has 1 unspecified atom stereocenters. The lowest BCUT2D eigenvalue weighted by molar-refractivity contribution is 0.0147. The molecule has 0 amide bonds. The third-order valence-electron chi connectivity index (χ3n) is 5.95. The first-order valence-corrected chi connectivity index (χ1v) is 11.4. The summed E-state index contributed by atoms with van der Waals surface area (Å²) in [4.78, 5) is 5.02. The molecule has 2 aromatic carbocycles. The van der Waals surface area contributed by atoms with Crippen molar-refractivity contribution in [3.8, 4) is 28.7 Å². The van der Waals surface area contributed by atoms with Crippen LogP contribution in [0, 0.1) is 6.92 Å². The molecule has 4 rings (SSSR count). The third kappa shape index (κ3) is 4.45. The van der Waals surface area contributed by atoms with Crippen molar-refractivity contribution in [2.45, 2.75) is 38.7 Å². The van der Waals surface area contributed by atoms with E-state index in [4.69, 9.17) is 30.4 Å². The normalized spacial score (nSPS) is 17.2. The van der Waals surface area contributed by atoms with E-state index >= 15 is 0 Å². The molecule has 1 aromatic heterocycles. The van der Waals surface area contributed by atoms with Crippen molar-refractivity contribution < 1.29 is 24.1 Å². The van der Waals surface area contributed by atoms with Crippen LogP contribution < -0.4 is 30.4 Å². The van der Waals surface area contributed by atoms with Gasteiger partial charge in [-0.05, 0) is 44.4 Å². The number of nitrogens with two attached hydrogens (primary N) is 2. The fraction of sp³-hybridized carbons (Fsp3) is 0.375. The molecular weight excluding hydrogens is 442 g/mol. The summed E-state index contributed by atoms with van der Waals surface area (Å²) in [5, 5.41) is 11.0. The summed E-state index contributed by atoms with van der Waals surface area (Å²) in [5.41, 5.74) is 13.8. The Kier molecular flexibility index (Phi) is 6.16. The predicted octanol–water partition coefficient (Wildman–Crippen LogP) is 4.09. The largest absolute Gasteiger partial charge is 0.504 e. The second kappa shape index (κ2) is 8.90. The van der Waals surface area contributed by atoms with Crippen molar-refractivity contribution in [2.75, 3.05) is 32.3 Å². The van der Waals surface area contributed by atoms with Gasteiger partial charge in [-0.1, -0.05) is 23.5 Å². The number of rotatable bonds is 7. The number of hydrogen-bond donors (Lipinski definition) is 3. The number of aromatic hydroxyl groups is 1. The Morgan fingerprint density at radius 3 is 2.45 bits per heavy atom. The zero-order valence-electron chi connectivity index (χ0n) is 19.2. The van der Waals surface area contributed by atoms with Crippen molar-refractivity contribution in [3.63, 3.8) is 0 Å². The molecule has 0 spiro atoms. The van der Waals surface area contributed by atoms with Gasteiger partial charge in [0.1, 0.15) is 23.8 Å². The average Bonchev–Trinajstić information content (AvgIpc) is 3.11. The number of aromatic nitrogens is 1. The van der Waals surface area contributed by atoms with E-state index in [9.17, 15) is 5.11 Å². The number of ether oxygens (including phenoxy) is 4. The Balaban J connectivity index is 1.46. The minimum atomic E-state index is -0.567. The van der Waals surface area contributed by atoms with Crippen LogP contribution >= 0.6 is 11.3 Å². The van der Waals surface area contributed by atoms with Gasteiger partial charge in [-0.2, -0.15) is 0 Å². The molecule has 0 saturated heterocycles. The third-order valence-corrected chi connectivity index (χ3v) is 6.85. The van der Waals surface area contributed by atoms with Gasteiger partial charge >= 0.3 is 0 Å². The second-order valence-electron chi connectivity index (χ2n) is 8.37. The zero-order valence-corrected chi connectivity index (χ0v) is 20.0. The number of fused-ring (bicyclic) bond motifs is 1.